The molecular weight excluding hydrogens is 218 g/mol. The first-order valence-corrected chi connectivity index (χ1v) is 5.89. The molecule has 0 amide bonds. The SMILES string of the molecule is N#Cc1cccc(CNCc2cscn2)c1. The Morgan fingerprint density at radius 3 is 3.06 bits per heavy atom. The molecule has 16 heavy (non-hydrogen) atoms. The van der Waals surface area contributed by atoms with E-state index in [1.165, 1.54) is 0 Å². The molecule has 0 bridgehead atoms. The summed E-state index contributed by atoms with van der Waals surface area (Å²) in [7, 11) is 0. The van der Waals surface area contributed by atoms with Crippen molar-refractivity contribution in [3.63, 3.8) is 0 Å². The third kappa shape index (κ3) is 2.89. The second-order valence-electron chi connectivity index (χ2n) is 3.40. The van der Waals surface area contributed by atoms with Crippen LogP contribution < -0.4 is 5.32 Å². The van der Waals surface area contributed by atoms with Gasteiger partial charge in [0.25, 0.3) is 0 Å². The Morgan fingerprint density at radius 2 is 2.31 bits per heavy atom. The molecular formula is C12H11N3S. The molecule has 0 unspecified atom stereocenters. The summed E-state index contributed by atoms with van der Waals surface area (Å²) in [5.41, 5.74) is 4.71. The van der Waals surface area contributed by atoms with Gasteiger partial charge in [0.15, 0.2) is 0 Å². The lowest BCUT2D eigenvalue weighted by atomic mass is 10.1. The molecule has 0 saturated heterocycles. The Bertz CT molecular complexity index is 485. The van der Waals surface area contributed by atoms with Gasteiger partial charge in [0.1, 0.15) is 0 Å². The molecule has 80 valence electrons. The fourth-order valence-electron chi connectivity index (χ4n) is 1.41. The zero-order valence-electron chi connectivity index (χ0n) is 8.68. The monoisotopic (exact) mass is 229 g/mol. The maximum Gasteiger partial charge on any atom is 0.0991 e. The van der Waals surface area contributed by atoms with Crippen LogP contribution in [0.4, 0.5) is 0 Å². The van der Waals surface area contributed by atoms with Crippen molar-refractivity contribution in [2.75, 3.05) is 0 Å². The van der Waals surface area contributed by atoms with Gasteiger partial charge < -0.3 is 5.32 Å². The highest BCUT2D eigenvalue weighted by atomic mass is 32.1. The number of nitrogens with one attached hydrogen (secondary N) is 1. The quantitative estimate of drug-likeness (QED) is 0.875. The first-order chi connectivity index (χ1) is 7.88. The second kappa shape index (κ2) is 5.40. The summed E-state index contributed by atoms with van der Waals surface area (Å²) >= 11 is 1.60. The van der Waals surface area contributed by atoms with Crippen molar-refractivity contribution < 1.29 is 0 Å². The lowest BCUT2D eigenvalue weighted by molar-refractivity contribution is 0.682. The molecule has 0 aliphatic heterocycles. The molecule has 1 N–H and O–H groups in total. The van der Waals surface area contributed by atoms with E-state index < -0.39 is 0 Å². The molecule has 2 aromatic rings. The van der Waals surface area contributed by atoms with Gasteiger partial charge in [-0.15, -0.1) is 11.3 Å². The number of hydrogen-bond donors (Lipinski definition) is 1. The van der Waals surface area contributed by atoms with Gasteiger partial charge in [0.05, 0.1) is 22.8 Å². The summed E-state index contributed by atoms with van der Waals surface area (Å²) < 4.78 is 0. The van der Waals surface area contributed by atoms with Crippen LogP contribution in [0.1, 0.15) is 16.8 Å². The van der Waals surface area contributed by atoms with Gasteiger partial charge in [-0.25, -0.2) is 4.98 Å². The number of aromatic nitrogens is 1. The van der Waals surface area contributed by atoms with Crippen LogP contribution in [-0.2, 0) is 13.1 Å². The molecule has 1 aromatic carbocycles. The summed E-state index contributed by atoms with van der Waals surface area (Å²) in [6.07, 6.45) is 0. The number of thiazole rings is 1. The van der Waals surface area contributed by atoms with Crippen LogP contribution in [0.5, 0.6) is 0 Å². The number of hydrogen-bond acceptors (Lipinski definition) is 4. The van der Waals surface area contributed by atoms with Gasteiger partial charge in [-0.3, -0.25) is 0 Å². The van der Waals surface area contributed by atoms with Crippen LogP contribution in [0, 0.1) is 11.3 Å². The van der Waals surface area contributed by atoms with E-state index in [4.69, 9.17) is 5.26 Å². The highest BCUT2D eigenvalue weighted by Crippen LogP contribution is 2.05. The van der Waals surface area contributed by atoms with E-state index in [0.29, 0.717) is 5.56 Å². The average Bonchev–Trinajstić information content (AvgIpc) is 2.82. The normalized spacial score (nSPS) is 9.94. The van der Waals surface area contributed by atoms with Crippen molar-refractivity contribution in [3.05, 3.63) is 52.0 Å². The van der Waals surface area contributed by atoms with Crippen molar-refractivity contribution in [2.24, 2.45) is 0 Å². The minimum atomic E-state index is 0.702. The van der Waals surface area contributed by atoms with Crippen LogP contribution >= 0.6 is 11.3 Å². The molecule has 3 nitrogen and oxygen atoms in total. The first-order valence-electron chi connectivity index (χ1n) is 4.95. The minimum Gasteiger partial charge on any atom is -0.307 e. The molecule has 0 spiro atoms. The Morgan fingerprint density at radius 1 is 1.38 bits per heavy atom. The van der Waals surface area contributed by atoms with Gasteiger partial charge in [0.2, 0.25) is 0 Å². The van der Waals surface area contributed by atoms with Crippen molar-refractivity contribution >= 4 is 11.3 Å². The molecule has 0 saturated carbocycles. The lowest BCUT2D eigenvalue weighted by Crippen LogP contribution is -2.12. The van der Waals surface area contributed by atoms with E-state index in [1.54, 1.807) is 11.3 Å². The average molecular weight is 229 g/mol. The van der Waals surface area contributed by atoms with Gasteiger partial charge >= 0.3 is 0 Å². The van der Waals surface area contributed by atoms with E-state index in [1.807, 2.05) is 35.2 Å². The fourth-order valence-corrected chi connectivity index (χ4v) is 1.97. The van der Waals surface area contributed by atoms with Crippen molar-refractivity contribution in [2.45, 2.75) is 13.1 Å². The van der Waals surface area contributed by atoms with E-state index in [9.17, 15) is 0 Å². The molecule has 0 aliphatic carbocycles. The standard InChI is InChI=1S/C12H11N3S/c13-5-10-2-1-3-11(4-10)6-14-7-12-8-16-9-15-12/h1-4,8-9,14H,6-7H2. The minimum absolute atomic E-state index is 0.702. The highest BCUT2D eigenvalue weighted by Gasteiger charge is 1.96. The molecule has 0 atom stereocenters. The summed E-state index contributed by atoms with van der Waals surface area (Å²) in [6.45, 7) is 1.52. The second-order valence-corrected chi connectivity index (χ2v) is 4.11. The number of rotatable bonds is 4. The third-order valence-electron chi connectivity index (χ3n) is 2.17. The van der Waals surface area contributed by atoms with Gasteiger partial charge in [0, 0.05) is 18.5 Å². The van der Waals surface area contributed by atoms with Crippen LogP contribution in [0.25, 0.3) is 0 Å². The molecule has 1 aromatic heterocycles. The van der Waals surface area contributed by atoms with E-state index in [2.05, 4.69) is 16.4 Å². The predicted molar refractivity (Wildman–Crippen MR) is 63.8 cm³/mol. The van der Waals surface area contributed by atoms with Crippen LogP contribution in [0.15, 0.2) is 35.2 Å². The highest BCUT2D eigenvalue weighted by molar-refractivity contribution is 7.07. The van der Waals surface area contributed by atoms with Gasteiger partial charge in [-0.1, -0.05) is 12.1 Å². The molecule has 0 radical (unpaired) electrons. The van der Waals surface area contributed by atoms with Crippen molar-refractivity contribution in [1.82, 2.24) is 10.3 Å². The number of nitriles is 1. The van der Waals surface area contributed by atoms with E-state index >= 15 is 0 Å². The van der Waals surface area contributed by atoms with Gasteiger partial charge in [-0.05, 0) is 17.7 Å². The van der Waals surface area contributed by atoms with E-state index in [0.717, 1.165) is 24.3 Å². The Hall–Kier alpha value is -1.70. The molecule has 4 heteroatoms. The fraction of sp³-hybridized carbons (Fsp3) is 0.167. The summed E-state index contributed by atoms with van der Waals surface area (Å²) in [4.78, 5) is 4.18. The Labute approximate surface area is 98.4 Å². The molecule has 0 fully saturated rings. The van der Waals surface area contributed by atoms with Gasteiger partial charge in [-0.2, -0.15) is 5.26 Å². The van der Waals surface area contributed by atoms with Crippen molar-refractivity contribution in [3.8, 4) is 6.07 Å². The zero-order valence-corrected chi connectivity index (χ0v) is 9.50. The first kappa shape index (κ1) is 10.8. The Kier molecular flexibility index (Phi) is 3.65. The molecule has 0 aliphatic rings. The van der Waals surface area contributed by atoms with Crippen LogP contribution in [0.3, 0.4) is 0 Å². The Balaban J connectivity index is 1.88. The summed E-state index contributed by atoms with van der Waals surface area (Å²) in [6, 6.07) is 9.75. The lowest BCUT2D eigenvalue weighted by Gasteiger charge is -2.03. The topological polar surface area (TPSA) is 48.7 Å². The maximum absolute atomic E-state index is 8.76. The third-order valence-corrected chi connectivity index (χ3v) is 2.81. The number of benzene rings is 1. The summed E-state index contributed by atoms with van der Waals surface area (Å²) in [5, 5.41) is 14.1. The largest absolute Gasteiger partial charge is 0.307 e. The van der Waals surface area contributed by atoms with Crippen molar-refractivity contribution in [1.29, 1.82) is 5.26 Å². The summed E-state index contributed by atoms with van der Waals surface area (Å²) in [5.74, 6) is 0. The zero-order chi connectivity index (χ0) is 11.2. The molecule has 2 rings (SSSR count). The van der Waals surface area contributed by atoms with E-state index in [-0.39, 0.29) is 0 Å². The smallest absolute Gasteiger partial charge is 0.0991 e. The number of nitrogens with zero attached hydrogens (tertiary/aromatic N) is 2. The van der Waals surface area contributed by atoms with Crippen LogP contribution in [0.2, 0.25) is 0 Å². The van der Waals surface area contributed by atoms with Crippen LogP contribution in [-0.4, -0.2) is 4.98 Å². The maximum atomic E-state index is 8.76. The molecule has 1 heterocycles. The predicted octanol–water partition coefficient (Wildman–Crippen LogP) is 2.30.